The van der Waals surface area contributed by atoms with Gasteiger partial charge in [-0.25, -0.2) is 0 Å². The van der Waals surface area contributed by atoms with E-state index in [1.165, 1.54) is 95.5 Å². The monoisotopic (exact) mass is 355 g/mol. The highest BCUT2D eigenvalue weighted by atomic mass is 14.5. The molecule has 0 aliphatic heterocycles. The second kappa shape index (κ2) is 10.4. The van der Waals surface area contributed by atoms with E-state index in [9.17, 15) is 0 Å². The van der Waals surface area contributed by atoms with Crippen molar-refractivity contribution in [2.24, 2.45) is 23.7 Å². The SMILES string of the molecule is CCCCC[C@H]1CC[C@H]([C@H]2CC[C@H](CCc3ccc(N)cc3)CC2)CC1. The standard InChI is InChI=1S/C25H41N/c1-2-3-4-5-20-8-14-23(15-9-20)24-16-10-21(11-17-24)6-7-22-12-18-25(26)19-13-22/h12-13,18-21,23-24H,2-11,14-17,26H2,1H3/t20-,21-,23-,24-. The minimum Gasteiger partial charge on any atom is -0.399 e. The van der Waals surface area contributed by atoms with Gasteiger partial charge in [0.2, 0.25) is 0 Å². The van der Waals surface area contributed by atoms with Crippen LogP contribution in [0.2, 0.25) is 0 Å². The van der Waals surface area contributed by atoms with E-state index in [0.29, 0.717) is 0 Å². The third kappa shape index (κ3) is 6.03. The van der Waals surface area contributed by atoms with Crippen LogP contribution in [-0.2, 0) is 6.42 Å². The Labute approximate surface area is 162 Å². The van der Waals surface area contributed by atoms with Gasteiger partial charge in [0.05, 0.1) is 0 Å². The van der Waals surface area contributed by atoms with Crippen LogP contribution in [0.25, 0.3) is 0 Å². The molecule has 1 aromatic rings. The molecule has 0 atom stereocenters. The summed E-state index contributed by atoms with van der Waals surface area (Å²) >= 11 is 0. The van der Waals surface area contributed by atoms with E-state index >= 15 is 0 Å². The van der Waals surface area contributed by atoms with E-state index in [2.05, 4.69) is 19.1 Å². The van der Waals surface area contributed by atoms with E-state index in [0.717, 1.165) is 29.4 Å². The summed E-state index contributed by atoms with van der Waals surface area (Å²) in [7, 11) is 0. The quantitative estimate of drug-likeness (QED) is 0.381. The number of unbranched alkanes of at least 4 members (excludes halogenated alkanes) is 2. The minimum absolute atomic E-state index is 0.884. The molecule has 1 aromatic carbocycles. The third-order valence-corrected chi connectivity index (χ3v) is 7.49. The number of nitrogen functional groups attached to an aromatic ring is 1. The number of hydrogen-bond donors (Lipinski definition) is 1. The molecule has 0 unspecified atom stereocenters. The fourth-order valence-corrected chi connectivity index (χ4v) is 5.63. The number of benzene rings is 1. The molecule has 26 heavy (non-hydrogen) atoms. The van der Waals surface area contributed by atoms with Gasteiger partial charge < -0.3 is 5.73 Å². The topological polar surface area (TPSA) is 26.0 Å². The van der Waals surface area contributed by atoms with Crippen LogP contribution in [0.5, 0.6) is 0 Å². The van der Waals surface area contributed by atoms with Gasteiger partial charge in [0.25, 0.3) is 0 Å². The van der Waals surface area contributed by atoms with Crippen molar-refractivity contribution < 1.29 is 0 Å². The highest BCUT2D eigenvalue weighted by molar-refractivity contribution is 5.39. The predicted molar refractivity (Wildman–Crippen MR) is 114 cm³/mol. The van der Waals surface area contributed by atoms with E-state index < -0.39 is 0 Å². The van der Waals surface area contributed by atoms with E-state index in [4.69, 9.17) is 5.73 Å². The number of nitrogens with two attached hydrogens (primary N) is 1. The smallest absolute Gasteiger partial charge is 0.0314 e. The van der Waals surface area contributed by atoms with Crippen LogP contribution in [-0.4, -0.2) is 0 Å². The Bertz CT molecular complexity index is 489. The summed E-state index contributed by atoms with van der Waals surface area (Å²) in [5.74, 6) is 4.15. The molecule has 0 spiro atoms. The molecule has 0 amide bonds. The summed E-state index contributed by atoms with van der Waals surface area (Å²) in [6.07, 6.45) is 20.5. The van der Waals surface area contributed by atoms with Gasteiger partial charge in [-0.15, -0.1) is 0 Å². The van der Waals surface area contributed by atoms with Crippen LogP contribution in [0.4, 0.5) is 5.69 Å². The summed E-state index contributed by atoms with van der Waals surface area (Å²) in [6.45, 7) is 2.32. The molecular weight excluding hydrogens is 314 g/mol. The van der Waals surface area contributed by atoms with Gasteiger partial charge in [-0.1, -0.05) is 70.4 Å². The molecule has 0 aromatic heterocycles. The van der Waals surface area contributed by atoms with Gasteiger partial charge in [-0.05, 0) is 79.9 Å². The van der Waals surface area contributed by atoms with Crippen molar-refractivity contribution >= 4 is 5.69 Å². The number of anilines is 1. The highest BCUT2D eigenvalue weighted by Crippen LogP contribution is 2.43. The molecule has 0 saturated heterocycles. The Balaban J connectivity index is 1.32. The van der Waals surface area contributed by atoms with Crippen molar-refractivity contribution in [3.63, 3.8) is 0 Å². The van der Waals surface area contributed by atoms with Crippen molar-refractivity contribution in [1.82, 2.24) is 0 Å². The summed E-state index contributed by atoms with van der Waals surface area (Å²) in [5, 5.41) is 0. The molecule has 3 rings (SSSR count). The average Bonchev–Trinajstić information content (AvgIpc) is 2.69. The molecule has 2 fully saturated rings. The second-order valence-corrected chi connectivity index (χ2v) is 9.34. The Morgan fingerprint density at radius 3 is 1.81 bits per heavy atom. The van der Waals surface area contributed by atoms with Crippen molar-refractivity contribution in [3.05, 3.63) is 29.8 Å². The second-order valence-electron chi connectivity index (χ2n) is 9.34. The van der Waals surface area contributed by atoms with Gasteiger partial charge in [0.1, 0.15) is 0 Å². The van der Waals surface area contributed by atoms with Crippen molar-refractivity contribution in [2.75, 3.05) is 5.73 Å². The lowest BCUT2D eigenvalue weighted by atomic mass is 9.68. The molecule has 2 aliphatic rings. The minimum atomic E-state index is 0.884. The maximum atomic E-state index is 5.79. The third-order valence-electron chi connectivity index (χ3n) is 7.49. The van der Waals surface area contributed by atoms with Crippen LogP contribution in [0, 0.1) is 23.7 Å². The first-order valence-electron chi connectivity index (χ1n) is 11.6. The van der Waals surface area contributed by atoms with Crippen molar-refractivity contribution in [1.29, 1.82) is 0 Å². The lowest BCUT2D eigenvalue weighted by molar-refractivity contribution is 0.140. The first-order chi connectivity index (χ1) is 12.7. The normalized spacial score (nSPS) is 29.6. The van der Waals surface area contributed by atoms with Crippen LogP contribution < -0.4 is 5.73 Å². The van der Waals surface area contributed by atoms with Gasteiger partial charge >= 0.3 is 0 Å². The Morgan fingerprint density at radius 2 is 1.27 bits per heavy atom. The molecule has 2 saturated carbocycles. The van der Waals surface area contributed by atoms with E-state index in [-0.39, 0.29) is 0 Å². The summed E-state index contributed by atoms with van der Waals surface area (Å²) < 4.78 is 0. The Kier molecular flexibility index (Phi) is 7.89. The van der Waals surface area contributed by atoms with Crippen molar-refractivity contribution in [2.45, 2.75) is 96.8 Å². The first kappa shape index (κ1) is 19.8. The largest absolute Gasteiger partial charge is 0.399 e. The Morgan fingerprint density at radius 1 is 0.731 bits per heavy atom. The zero-order chi connectivity index (χ0) is 18.2. The van der Waals surface area contributed by atoms with E-state index in [1.54, 1.807) is 0 Å². The average molecular weight is 356 g/mol. The van der Waals surface area contributed by atoms with Crippen LogP contribution in [0.1, 0.15) is 96.0 Å². The van der Waals surface area contributed by atoms with Crippen molar-refractivity contribution in [3.8, 4) is 0 Å². The summed E-state index contributed by atoms with van der Waals surface area (Å²) in [6, 6.07) is 8.51. The summed E-state index contributed by atoms with van der Waals surface area (Å²) in [5.41, 5.74) is 8.14. The number of rotatable bonds is 8. The maximum Gasteiger partial charge on any atom is 0.0314 e. The molecule has 2 N–H and O–H groups in total. The number of hydrogen-bond acceptors (Lipinski definition) is 1. The zero-order valence-corrected chi connectivity index (χ0v) is 17.1. The Hall–Kier alpha value is -0.980. The van der Waals surface area contributed by atoms with E-state index in [1.807, 2.05) is 12.1 Å². The maximum absolute atomic E-state index is 5.79. The predicted octanol–water partition coefficient (Wildman–Crippen LogP) is 7.39. The fraction of sp³-hybridized carbons (Fsp3) is 0.760. The van der Waals surface area contributed by atoms with Gasteiger partial charge in [-0.3, -0.25) is 0 Å². The molecule has 146 valence electrons. The lowest BCUT2D eigenvalue weighted by Gasteiger charge is -2.38. The molecule has 2 aliphatic carbocycles. The molecule has 1 heteroatoms. The molecular formula is C25H41N. The highest BCUT2D eigenvalue weighted by Gasteiger charge is 2.30. The zero-order valence-electron chi connectivity index (χ0n) is 17.1. The fourth-order valence-electron chi connectivity index (χ4n) is 5.63. The molecule has 0 heterocycles. The van der Waals surface area contributed by atoms with Gasteiger partial charge in [0, 0.05) is 5.69 Å². The van der Waals surface area contributed by atoms with Gasteiger partial charge in [-0.2, -0.15) is 0 Å². The van der Waals surface area contributed by atoms with Crippen LogP contribution in [0.3, 0.4) is 0 Å². The molecule has 0 radical (unpaired) electrons. The molecule has 1 nitrogen and oxygen atoms in total. The van der Waals surface area contributed by atoms with Crippen LogP contribution >= 0.6 is 0 Å². The van der Waals surface area contributed by atoms with Gasteiger partial charge in [0.15, 0.2) is 0 Å². The lowest BCUT2D eigenvalue weighted by Crippen LogP contribution is -2.26. The summed E-state index contributed by atoms with van der Waals surface area (Å²) in [4.78, 5) is 0. The molecule has 0 bridgehead atoms. The first-order valence-corrected chi connectivity index (χ1v) is 11.6. The number of aryl methyl sites for hydroxylation is 1. The van der Waals surface area contributed by atoms with Crippen LogP contribution in [0.15, 0.2) is 24.3 Å².